The Morgan fingerprint density at radius 1 is 1.39 bits per heavy atom. The second-order valence-electron chi connectivity index (χ2n) is 3.61. The third-order valence-corrected chi connectivity index (χ3v) is 2.23. The van der Waals surface area contributed by atoms with E-state index in [2.05, 4.69) is 5.32 Å². The Hall–Kier alpha value is -2.11. The summed E-state index contributed by atoms with van der Waals surface area (Å²) in [6.45, 7) is 1.34. The number of benzene rings is 1. The van der Waals surface area contributed by atoms with E-state index in [-0.39, 0.29) is 13.0 Å². The van der Waals surface area contributed by atoms with Crippen molar-refractivity contribution in [3.8, 4) is 5.75 Å². The molecule has 1 atom stereocenters. The lowest BCUT2D eigenvalue weighted by molar-refractivity contribution is -0.142. The number of carboxylic acids is 1. The van der Waals surface area contributed by atoms with Gasteiger partial charge in [0.05, 0.1) is 0 Å². The molecule has 0 bridgehead atoms. The highest BCUT2D eigenvalue weighted by atomic mass is 19.1. The molecule has 0 saturated heterocycles. The number of hydrogen-bond acceptors (Lipinski definition) is 3. The van der Waals surface area contributed by atoms with E-state index in [1.165, 1.54) is 24.3 Å². The Morgan fingerprint density at radius 3 is 2.50 bits per heavy atom. The molecular weight excluding hydrogens is 241 g/mol. The van der Waals surface area contributed by atoms with Crippen LogP contribution in [0.3, 0.4) is 0 Å². The van der Waals surface area contributed by atoms with Crippen LogP contribution in [0.5, 0.6) is 5.75 Å². The molecule has 2 N–H and O–H groups in total. The third kappa shape index (κ3) is 4.40. The van der Waals surface area contributed by atoms with Gasteiger partial charge in [0.1, 0.15) is 17.6 Å². The first-order chi connectivity index (χ1) is 8.52. The van der Waals surface area contributed by atoms with Crippen molar-refractivity contribution in [1.29, 1.82) is 0 Å². The number of carboxylic acid groups (broad SMARTS) is 1. The number of amides is 1. The van der Waals surface area contributed by atoms with Gasteiger partial charge in [-0.3, -0.25) is 4.79 Å². The molecule has 1 amide bonds. The van der Waals surface area contributed by atoms with Gasteiger partial charge in [-0.05, 0) is 30.7 Å². The van der Waals surface area contributed by atoms with E-state index in [9.17, 15) is 14.0 Å². The number of ether oxygens (including phenoxy) is 1. The van der Waals surface area contributed by atoms with Gasteiger partial charge in [-0.25, -0.2) is 9.18 Å². The molecule has 98 valence electrons. The predicted octanol–water partition coefficient (Wildman–Crippen LogP) is 1.18. The van der Waals surface area contributed by atoms with Crippen LogP contribution in [0, 0.1) is 5.82 Å². The summed E-state index contributed by atoms with van der Waals surface area (Å²) < 4.78 is 17.7. The Balaban J connectivity index is 2.41. The first kappa shape index (κ1) is 14.0. The fraction of sp³-hybridized carbons (Fsp3) is 0.333. The van der Waals surface area contributed by atoms with Crippen molar-refractivity contribution in [1.82, 2.24) is 5.32 Å². The van der Waals surface area contributed by atoms with Gasteiger partial charge in [-0.2, -0.15) is 0 Å². The van der Waals surface area contributed by atoms with Crippen LogP contribution in [-0.2, 0) is 9.59 Å². The van der Waals surface area contributed by atoms with Gasteiger partial charge < -0.3 is 15.2 Å². The van der Waals surface area contributed by atoms with E-state index in [0.717, 1.165) is 0 Å². The van der Waals surface area contributed by atoms with Crippen molar-refractivity contribution in [3.63, 3.8) is 0 Å². The fourth-order valence-electron chi connectivity index (χ4n) is 1.25. The van der Waals surface area contributed by atoms with Crippen LogP contribution in [0.2, 0.25) is 0 Å². The minimum atomic E-state index is -1.09. The normalized spacial score (nSPS) is 11.7. The van der Waals surface area contributed by atoms with Crippen molar-refractivity contribution >= 4 is 11.9 Å². The zero-order valence-electron chi connectivity index (χ0n) is 9.85. The quantitative estimate of drug-likeness (QED) is 0.800. The van der Waals surface area contributed by atoms with Crippen molar-refractivity contribution in [3.05, 3.63) is 30.1 Å². The Kier molecular flexibility index (Phi) is 5.10. The van der Waals surface area contributed by atoms with Gasteiger partial charge >= 0.3 is 5.97 Å². The van der Waals surface area contributed by atoms with Crippen molar-refractivity contribution < 1.29 is 23.8 Å². The maximum atomic E-state index is 12.6. The molecule has 0 aliphatic carbocycles. The molecule has 0 aromatic heterocycles. The van der Waals surface area contributed by atoms with E-state index in [1.807, 2.05) is 0 Å². The zero-order chi connectivity index (χ0) is 13.5. The molecule has 18 heavy (non-hydrogen) atoms. The minimum Gasteiger partial charge on any atom is -0.484 e. The van der Waals surface area contributed by atoms with Gasteiger partial charge in [0.15, 0.2) is 6.61 Å². The Labute approximate surface area is 104 Å². The average Bonchev–Trinajstić information content (AvgIpc) is 2.35. The first-order valence-corrected chi connectivity index (χ1v) is 5.43. The van der Waals surface area contributed by atoms with Crippen LogP contribution in [0.15, 0.2) is 24.3 Å². The number of aliphatic carboxylic acids is 1. The molecule has 0 aliphatic heterocycles. The third-order valence-electron chi connectivity index (χ3n) is 2.23. The monoisotopic (exact) mass is 255 g/mol. The van der Waals surface area contributed by atoms with Crippen LogP contribution >= 0.6 is 0 Å². The molecule has 0 spiro atoms. The summed E-state index contributed by atoms with van der Waals surface area (Å²) in [4.78, 5) is 22.1. The maximum absolute atomic E-state index is 12.6. The molecule has 1 aromatic rings. The number of halogens is 1. The molecule has 0 saturated carbocycles. The molecule has 1 unspecified atom stereocenters. The van der Waals surface area contributed by atoms with E-state index in [0.29, 0.717) is 5.75 Å². The second-order valence-corrected chi connectivity index (χ2v) is 3.61. The molecule has 6 heteroatoms. The first-order valence-electron chi connectivity index (χ1n) is 5.43. The van der Waals surface area contributed by atoms with Gasteiger partial charge in [0.2, 0.25) is 0 Å². The molecule has 0 radical (unpaired) electrons. The predicted molar refractivity (Wildman–Crippen MR) is 61.8 cm³/mol. The lowest BCUT2D eigenvalue weighted by Crippen LogP contribution is -2.42. The van der Waals surface area contributed by atoms with E-state index >= 15 is 0 Å². The standard InChI is InChI=1S/C12H14FNO4/c1-2-10(12(16)17)14-11(15)7-18-9-5-3-8(13)4-6-9/h3-6,10H,2,7H2,1H3,(H,14,15)(H,16,17). The lowest BCUT2D eigenvalue weighted by Gasteiger charge is -2.12. The number of carbonyl (C=O) groups excluding carboxylic acids is 1. The van der Waals surface area contributed by atoms with Gasteiger partial charge in [-0.1, -0.05) is 6.92 Å². The van der Waals surface area contributed by atoms with Crippen molar-refractivity contribution in [2.45, 2.75) is 19.4 Å². The molecular formula is C12H14FNO4. The van der Waals surface area contributed by atoms with Gasteiger partial charge in [0.25, 0.3) is 5.91 Å². The summed E-state index contributed by atoms with van der Waals surface area (Å²) in [7, 11) is 0. The highest BCUT2D eigenvalue weighted by Crippen LogP contribution is 2.10. The summed E-state index contributed by atoms with van der Waals surface area (Å²) in [5, 5.41) is 11.1. The number of carbonyl (C=O) groups is 2. The molecule has 0 fully saturated rings. The van der Waals surface area contributed by atoms with E-state index in [4.69, 9.17) is 9.84 Å². The van der Waals surface area contributed by atoms with E-state index < -0.39 is 23.7 Å². The highest BCUT2D eigenvalue weighted by Gasteiger charge is 2.17. The van der Waals surface area contributed by atoms with Crippen molar-refractivity contribution in [2.24, 2.45) is 0 Å². The van der Waals surface area contributed by atoms with Crippen LogP contribution in [-0.4, -0.2) is 29.6 Å². The molecule has 0 aliphatic rings. The Bertz CT molecular complexity index is 419. The van der Waals surface area contributed by atoms with E-state index in [1.54, 1.807) is 6.92 Å². The summed E-state index contributed by atoms with van der Waals surface area (Å²) in [5.74, 6) is -1.68. The maximum Gasteiger partial charge on any atom is 0.326 e. The summed E-state index contributed by atoms with van der Waals surface area (Å²) in [6.07, 6.45) is 0.289. The van der Waals surface area contributed by atoms with Gasteiger partial charge in [-0.15, -0.1) is 0 Å². The van der Waals surface area contributed by atoms with Crippen molar-refractivity contribution in [2.75, 3.05) is 6.61 Å². The lowest BCUT2D eigenvalue weighted by atomic mass is 10.2. The molecule has 1 rings (SSSR count). The molecule has 1 aromatic carbocycles. The second kappa shape index (κ2) is 6.58. The smallest absolute Gasteiger partial charge is 0.326 e. The van der Waals surface area contributed by atoms with Crippen LogP contribution in [0.4, 0.5) is 4.39 Å². The Morgan fingerprint density at radius 2 is 2.00 bits per heavy atom. The number of hydrogen-bond donors (Lipinski definition) is 2. The zero-order valence-corrected chi connectivity index (χ0v) is 9.85. The summed E-state index contributed by atoms with van der Waals surface area (Å²) in [6, 6.07) is 4.27. The minimum absolute atomic E-state index is 0.289. The average molecular weight is 255 g/mol. The largest absolute Gasteiger partial charge is 0.484 e. The highest BCUT2D eigenvalue weighted by molar-refractivity contribution is 5.84. The van der Waals surface area contributed by atoms with Crippen LogP contribution < -0.4 is 10.1 Å². The van der Waals surface area contributed by atoms with Crippen LogP contribution in [0.1, 0.15) is 13.3 Å². The number of nitrogens with one attached hydrogen (secondary N) is 1. The SMILES string of the molecule is CCC(NC(=O)COc1ccc(F)cc1)C(=O)O. The molecule has 5 nitrogen and oxygen atoms in total. The molecule has 0 heterocycles. The summed E-state index contributed by atoms with van der Waals surface area (Å²) >= 11 is 0. The van der Waals surface area contributed by atoms with Gasteiger partial charge in [0, 0.05) is 0 Å². The fourth-order valence-corrected chi connectivity index (χ4v) is 1.25. The summed E-state index contributed by atoms with van der Waals surface area (Å²) in [5.41, 5.74) is 0. The number of rotatable bonds is 6. The topological polar surface area (TPSA) is 75.6 Å². The van der Waals surface area contributed by atoms with Crippen LogP contribution in [0.25, 0.3) is 0 Å².